The van der Waals surface area contributed by atoms with Gasteiger partial charge in [0.25, 0.3) is 11.5 Å². The normalized spacial score (nSPS) is 12.0. The van der Waals surface area contributed by atoms with Crippen molar-refractivity contribution >= 4 is 34.6 Å². The second kappa shape index (κ2) is 10.3. The molecule has 9 nitrogen and oxygen atoms in total. The Kier molecular flexibility index (Phi) is 6.58. The molecule has 0 aliphatic rings. The van der Waals surface area contributed by atoms with E-state index < -0.39 is 11.9 Å². The molecule has 0 spiro atoms. The third-order valence-corrected chi connectivity index (χ3v) is 5.61. The minimum Gasteiger partial charge on any atom is -0.467 e. The predicted molar refractivity (Wildman–Crippen MR) is 137 cm³/mol. The van der Waals surface area contributed by atoms with Crippen molar-refractivity contribution in [1.82, 2.24) is 14.0 Å². The summed E-state index contributed by atoms with van der Waals surface area (Å²) in [6.07, 6.45) is 6.05. The van der Waals surface area contributed by atoms with Gasteiger partial charge in [0.15, 0.2) is 5.49 Å². The Labute approximate surface area is 210 Å². The summed E-state index contributed by atoms with van der Waals surface area (Å²) in [6, 6.07) is 19.3. The van der Waals surface area contributed by atoms with Crippen LogP contribution < -0.4 is 11.0 Å². The summed E-state index contributed by atoms with van der Waals surface area (Å²) < 4.78 is 13.7. The van der Waals surface area contributed by atoms with E-state index in [4.69, 9.17) is 9.15 Å². The quantitative estimate of drug-likeness (QED) is 0.203. The van der Waals surface area contributed by atoms with Crippen molar-refractivity contribution < 1.29 is 18.7 Å². The summed E-state index contributed by atoms with van der Waals surface area (Å²) in [7, 11) is 0. The van der Waals surface area contributed by atoms with Crippen molar-refractivity contribution in [2.75, 3.05) is 6.61 Å². The van der Waals surface area contributed by atoms with Crippen LogP contribution in [0.2, 0.25) is 0 Å². The topological polar surface area (TPSA) is 108 Å². The monoisotopic (exact) mass is 494 g/mol. The molecule has 0 aliphatic carbocycles. The number of hydrogen-bond donors (Lipinski definition) is 0. The van der Waals surface area contributed by atoms with Gasteiger partial charge in [-0.25, -0.2) is 9.78 Å². The van der Waals surface area contributed by atoms with E-state index in [0.717, 1.165) is 5.56 Å². The number of esters is 1. The summed E-state index contributed by atoms with van der Waals surface area (Å²) in [5.41, 5.74) is 1.08. The molecule has 5 aromatic rings. The zero-order chi connectivity index (χ0) is 25.8. The standard InChI is InChI=1S/C28H22N4O5/c1-2-36-28(35)22-17-21-25(29-23-12-6-7-15-31(23)27(21)34)32(18-20-11-8-16-37-20)26(22)30-24(33)14-13-19-9-4-3-5-10-19/h3-17H,2,18H2,1H3/b14-13+,30-26?. The number of nitrogens with zero attached hydrogens (tertiary/aromatic N) is 4. The number of aromatic nitrogens is 3. The van der Waals surface area contributed by atoms with Gasteiger partial charge in [-0.3, -0.25) is 14.0 Å². The van der Waals surface area contributed by atoms with E-state index in [2.05, 4.69) is 9.98 Å². The Morgan fingerprint density at radius 2 is 1.89 bits per heavy atom. The van der Waals surface area contributed by atoms with E-state index in [0.29, 0.717) is 11.4 Å². The van der Waals surface area contributed by atoms with Gasteiger partial charge < -0.3 is 13.7 Å². The molecule has 4 aromatic heterocycles. The molecule has 0 unspecified atom stereocenters. The molecule has 37 heavy (non-hydrogen) atoms. The van der Waals surface area contributed by atoms with Crippen LogP contribution in [0.15, 0.2) is 99.5 Å². The van der Waals surface area contributed by atoms with Crippen LogP contribution in [0.5, 0.6) is 0 Å². The van der Waals surface area contributed by atoms with Gasteiger partial charge in [-0.1, -0.05) is 36.4 Å². The van der Waals surface area contributed by atoms with Gasteiger partial charge >= 0.3 is 5.97 Å². The lowest BCUT2D eigenvalue weighted by Gasteiger charge is -2.14. The largest absolute Gasteiger partial charge is 0.467 e. The minimum atomic E-state index is -0.714. The van der Waals surface area contributed by atoms with Gasteiger partial charge in [0.1, 0.15) is 22.6 Å². The Balaban J connectivity index is 1.81. The molecule has 0 saturated heterocycles. The lowest BCUT2D eigenvalue weighted by molar-refractivity contribution is -0.113. The van der Waals surface area contributed by atoms with Gasteiger partial charge in [-0.05, 0) is 48.9 Å². The zero-order valence-corrected chi connectivity index (χ0v) is 19.9. The number of benzene rings is 1. The van der Waals surface area contributed by atoms with Crippen molar-refractivity contribution in [3.63, 3.8) is 0 Å². The SMILES string of the molecule is CCOC(=O)c1cc2c(=O)n3ccccc3nc2n(Cc2ccco2)c1=NC(=O)/C=C/c1ccccc1. The molecule has 1 aromatic carbocycles. The first-order chi connectivity index (χ1) is 18.0. The van der Waals surface area contributed by atoms with Gasteiger partial charge in [0.05, 0.1) is 24.8 Å². The summed E-state index contributed by atoms with van der Waals surface area (Å²) in [6.45, 7) is 1.84. The number of ether oxygens (including phenoxy) is 1. The average Bonchev–Trinajstić information content (AvgIpc) is 3.43. The number of rotatable bonds is 6. The van der Waals surface area contributed by atoms with Crippen molar-refractivity contribution in [2.24, 2.45) is 4.99 Å². The van der Waals surface area contributed by atoms with Crippen LogP contribution in [0.4, 0.5) is 0 Å². The fraction of sp³-hybridized carbons (Fsp3) is 0.107. The van der Waals surface area contributed by atoms with Gasteiger partial charge in [-0.15, -0.1) is 0 Å². The molecule has 1 amide bonds. The van der Waals surface area contributed by atoms with E-state index in [1.807, 2.05) is 30.3 Å². The Morgan fingerprint density at radius 3 is 2.65 bits per heavy atom. The fourth-order valence-corrected chi connectivity index (χ4v) is 3.94. The van der Waals surface area contributed by atoms with Crippen LogP contribution in [-0.4, -0.2) is 32.4 Å². The highest BCUT2D eigenvalue weighted by Gasteiger charge is 2.20. The highest BCUT2D eigenvalue weighted by molar-refractivity contribution is 5.96. The van der Waals surface area contributed by atoms with Crippen molar-refractivity contribution in [3.05, 3.63) is 118 Å². The Morgan fingerprint density at radius 1 is 1.08 bits per heavy atom. The van der Waals surface area contributed by atoms with Crippen LogP contribution >= 0.6 is 0 Å². The maximum atomic E-state index is 13.4. The van der Waals surface area contributed by atoms with Crippen LogP contribution in [0.1, 0.15) is 28.6 Å². The molecular weight excluding hydrogens is 472 g/mol. The number of furan rings is 1. The number of carbonyl (C=O) groups is 2. The number of amides is 1. The average molecular weight is 495 g/mol. The van der Waals surface area contributed by atoms with E-state index >= 15 is 0 Å². The maximum absolute atomic E-state index is 13.4. The zero-order valence-electron chi connectivity index (χ0n) is 19.9. The maximum Gasteiger partial charge on any atom is 0.341 e. The van der Waals surface area contributed by atoms with Gasteiger partial charge in [-0.2, -0.15) is 4.99 Å². The van der Waals surface area contributed by atoms with Crippen LogP contribution in [0, 0.1) is 0 Å². The molecule has 0 fully saturated rings. The Hall–Kier alpha value is -5.05. The lowest BCUT2D eigenvalue weighted by Crippen LogP contribution is -2.32. The number of carbonyl (C=O) groups excluding carboxylic acids is 2. The highest BCUT2D eigenvalue weighted by atomic mass is 16.5. The third kappa shape index (κ3) is 4.87. The van der Waals surface area contributed by atoms with E-state index in [1.165, 1.54) is 27.4 Å². The molecule has 0 saturated carbocycles. The van der Waals surface area contributed by atoms with E-state index in [9.17, 15) is 14.4 Å². The van der Waals surface area contributed by atoms with Crippen LogP contribution in [-0.2, 0) is 16.1 Å². The van der Waals surface area contributed by atoms with Crippen LogP contribution in [0.3, 0.4) is 0 Å². The highest BCUT2D eigenvalue weighted by Crippen LogP contribution is 2.14. The summed E-state index contributed by atoms with van der Waals surface area (Å²) in [5, 5.41) is 0.171. The first-order valence-corrected chi connectivity index (χ1v) is 11.6. The molecule has 184 valence electrons. The molecule has 0 radical (unpaired) electrons. The fourth-order valence-electron chi connectivity index (χ4n) is 3.94. The summed E-state index contributed by atoms with van der Waals surface area (Å²) in [5.74, 6) is -0.792. The first kappa shape index (κ1) is 23.7. The summed E-state index contributed by atoms with van der Waals surface area (Å²) in [4.78, 5) is 48.3. The first-order valence-electron chi connectivity index (χ1n) is 11.6. The summed E-state index contributed by atoms with van der Waals surface area (Å²) >= 11 is 0. The van der Waals surface area contributed by atoms with Crippen molar-refractivity contribution in [1.29, 1.82) is 0 Å². The molecular formula is C28H22N4O5. The molecule has 5 rings (SSSR count). The molecule has 0 N–H and O–H groups in total. The molecule has 0 atom stereocenters. The molecule has 0 aliphatic heterocycles. The second-order valence-corrected chi connectivity index (χ2v) is 8.04. The second-order valence-electron chi connectivity index (χ2n) is 8.04. The minimum absolute atomic E-state index is 0.0113. The molecule has 0 bridgehead atoms. The van der Waals surface area contributed by atoms with E-state index in [-0.39, 0.29) is 40.8 Å². The third-order valence-electron chi connectivity index (χ3n) is 5.61. The van der Waals surface area contributed by atoms with Crippen molar-refractivity contribution in [2.45, 2.75) is 13.5 Å². The number of fused-ring (bicyclic) bond motifs is 2. The Bertz CT molecular complexity index is 1760. The predicted octanol–water partition coefficient (Wildman–Crippen LogP) is 3.61. The van der Waals surface area contributed by atoms with Crippen molar-refractivity contribution in [3.8, 4) is 0 Å². The molecule has 9 heteroatoms. The number of hydrogen-bond acceptors (Lipinski definition) is 6. The lowest BCUT2D eigenvalue weighted by atomic mass is 10.2. The van der Waals surface area contributed by atoms with E-state index in [1.54, 1.807) is 49.5 Å². The molecule has 4 heterocycles. The smallest absolute Gasteiger partial charge is 0.341 e. The van der Waals surface area contributed by atoms with Gasteiger partial charge in [0, 0.05) is 12.3 Å². The number of pyridine rings is 2. The van der Waals surface area contributed by atoms with Gasteiger partial charge in [0.2, 0.25) is 0 Å². The van der Waals surface area contributed by atoms with Crippen LogP contribution in [0.25, 0.3) is 22.8 Å².